The lowest BCUT2D eigenvalue weighted by Crippen LogP contribution is -2.61. The fourth-order valence-corrected chi connectivity index (χ4v) is 1.40. The third-order valence-corrected chi connectivity index (χ3v) is 2.22. The van der Waals surface area contributed by atoms with Crippen LogP contribution in [-0.4, -0.2) is 28.9 Å². The van der Waals surface area contributed by atoms with Crippen molar-refractivity contribution in [2.45, 2.75) is 18.9 Å². The van der Waals surface area contributed by atoms with Crippen molar-refractivity contribution in [2.24, 2.45) is 5.92 Å². The molecule has 4 nitrogen and oxygen atoms in total. The second-order valence-corrected chi connectivity index (χ2v) is 3.14. The molecule has 0 radical (unpaired) electrons. The molecular weight excluding hydrogens is 182 g/mol. The highest BCUT2D eigenvalue weighted by Crippen LogP contribution is 2.20. The van der Waals surface area contributed by atoms with E-state index in [1.807, 2.05) is 0 Å². The molecule has 0 unspecified atom stereocenters. The van der Waals surface area contributed by atoms with Crippen molar-refractivity contribution in [3.8, 4) is 0 Å². The molecule has 0 bridgehead atoms. The third kappa shape index (κ3) is 1.69. The molecule has 1 aliphatic heterocycles. The summed E-state index contributed by atoms with van der Waals surface area (Å²) in [7, 11) is 0. The average Bonchev–Trinajstić information content (AvgIpc) is 2.00. The molecule has 1 rings (SSSR count). The monoisotopic (exact) mass is 191 g/mol. The van der Waals surface area contributed by atoms with Crippen molar-refractivity contribution < 1.29 is 14.7 Å². The minimum Gasteiger partial charge on any atom is -0.480 e. The van der Waals surface area contributed by atoms with Crippen LogP contribution >= 0.6 is 11.6 Å². The lowest BCUT2D eigenvalue weighted by atomic mass is 9.87. The Labute approximate surface area is 74.9 Å². The highest BCUT2D eigenvalue weighted by Gasteiger charge is 2.43. The zero-order chi connectivity index (χ0) is 9.14. The Kier molecular flexibility index (Phi) is 2.92. The predicted octanol–water partition coefficient (Wildman–Crippen LogP) is 0.205. The van der Waals surface area contributed by atoms with E-state index in [1.165, 1.54) is 0 Å². The molecule has 1 saturated heterocycles. The SMILES string of the molecule is O=C(O)[C@H]1NC(=O)[C@@H]1CCCCl. The Morgan fingerprint density at radius 2 is 2.33 bits per heavy atom. The van der Waals surface area contributed by atoms with Gasteiger partial charge in [0.2, 0.25) is 5.91 Å². The van der Waals surface area contributed by atoms with Gasteiger partial charge in [-0.15, -0.1) is 11.6 Å². The number of rotatable bonds is 4. The number of carbonyl (C=O) groups excluding carboxylic acids is 1. The maximum atomic E-state index is 10.8. The molecule has 0 aliphatic carbocycles. The summed E-state index contributed by atoms with van der Waals surface area (Å²) >= 11 is 5.42. The molecule has 2 atom stereocenters. The van der Waals surface area contributed by atoms with E-state index < -0.39 is 12.0 Å². The van der Waals surface area contributed by atoms with E-state index in [0.29, 0.717) is 18.7 Å². The van der Waals surface area contributed by atoms with Crippen molar-refractivity contribution in [3.63, 3.8) is 0 Å². The lowest BCUT2D eigenvalue weighted by molar-refractivity contribution is -0.153. The van der Waals surface area contributed by atoms with E-state index in [1.54, 1.807) is 0 Å². The summed E-state index contributed by atoms with van der Waals surface area (Å²) in [5.41, 5.74) is 0. The molecule has 68 valence electrons. The van der Waals surface area contributed by atoms with Crippen molar-refractivity contribution in [2.75, 3.05) is 5.88 Å². The van der Waals surface area contributed by atoms with Crippen molar-refractivity contribution >= 4 is 23.5 Å². The van der Waals surface area contributed by atoms with E-state index in [2.05, 4.69) is 5.32 Å². The van der Waals surface area contributed by atoms with Crippen LogP contribution in [0.5, 0.6) is 0 Å². The van der Waals surface area contributed by atoms with Crippen LogP contribution in [-0.2, 0) is 9.59 Å². The molecule has 2 N–H and O–H groups in total. The van der Waals surface area contributed by atoms with Gasteiger partial charge in [-0.25, -0.2) is 4.79 Å². The number of alkyl halides is 1. The number of hydrogen-bond acceptors (Lipinski definition) is 2. The van der Waals surface area contributed by atoms with Gasteiger partial charge in [-0.2, -0.15) is 0 Å². The van der Waals surface area contributed by atoms with Crippen molar-refractivity contribution in [1.29, 1.82) is 0 Å². The summed E-state index contributed by atoms with van der Waals surface area (Å²) in [5, 5.41) is 10.9. The minimum absolute atomic E-state index is 0.174. The Bertz CT molecular complexity index is 207. The maximum absolute atomic E-state index is 10.8. The molecule has 1 amide bonds. The number of amides is 1. The summed E-state index contributed by atoms with van der Waals surface area (Å²) < 4.78 is 0. The third-order valence-electron chi connectivity index (χ3n) is 1.95. The van der Waals surface area contributed by atoms with Gasteiger partial charge < -0.3 is 10.4 Å². The smallest absolute Gasteiger partial charge is 0.327 e. The number of hydrogen-bond donors (Lipinski definition) is 2. The normalized spacial score (nSPS) is 27.6. The van der Waals surface area contributed by atoms with Gasteiger partial charge in [0.15, 0.2) is 0 Å². The summed E-state index contributed by atoms with van der Waals surface area (Å²) in [4.78, 5) is 21.3. The van der Waals surface area contributed by atoms with Gasteiger partial charge >= 0.3 is 5.97 Å². The summed E-state index contributed by atoms with van der Waals surface area (Å²) in [6.07, 6.45) is 1.25. The summed E-state index contributed by atoms with van der Waals surface area (Å²) in [6.45, 7) is 0. The Morgan fingerprint density at radius 3 is 2.75 bits per heavy atom. The number of carbonyl (C=O) groups is 2. The van der Waals surface area contributed by atoms with Gasteiger partial charge in [0.25, 0.3) is 0 Å². The Hall–Kier alpha value is -0.770. The first kappa shape index (κ1) is 9.32. The topological polar surface area (TPSA) is 66.4 Å². The summed E-state index contributed by atoms with van der Waals surface area (Å²) in [5.74, 6) is -1.04. The molecule has 0 aromatic heterocycles. The molecule has 0 aromatic rings. The number of aliphatic carboxylic acids is 1. The Morgan fingerprint density at radius 1 is 1.67 bits per heavy atom. The van der Waals surface area contributed by atoms with E-state index in [-0.39, 0.29) is 11.8 Å². The fourth-order valence-electron chi connectivity index (χ4n) is 1.24. The molecule has 0 saturated carbocycles. The number of halogens is 1. The predicted molar refractivity (Wildman–Crippen MR) is 43.0 cm³/mol. The van der Waals surface area contributed by atoms with Gasteiger partial charge in [0, 0.05) is 5.88 Å². The molecule has 0 spiro atoms. The largest absolute Gasteiger partial charge is 0.480 e. The lowest BCUT2D eigenvalue weighted by Gasteiger charge is -2.33. The van der Waals surface area contributed by atoms with Gasteiger partial charge in [-0.3, -0.25) is 4.79 Å². The molecule has 12 heavy (non-hydrogen) atoms. The zero-order valence-corrected chi connectivity index (χ0v) is 7.17. The van der Waals surface area contributed by atoms with E-state index >= 15 is 0 Å². The number of carboxylic acid groups (broad SMARTS) is 1. The molecule has 1 fully saturated rings. The summed E-state index contributed by atoms with van der Waals surface area (Å²) in [6, 6.07) is -0.694. The van der Waals surface area contributed by atoms with Crippen LogP contribution in [0, 0.1) is 5.92 Å². The first-order chi connectivity index (χ1) is 5.66. The van der Waals surface area contributed by atoms with Crippen LogP contribution in [0.2, 0.25) is 0 Å². The Balaban J connectivity index is 2.39. The van der Waals surface area contributed by atoms with Gasteiger partial charge in [-0.05, 0) is 12.8 Å². The maximum Gasteiger partial charge on any atom is 0.327 e. The van der Waals surface area contributed by atoms with Gasteiger partial charge in [0.05, 0.1) is 5.92 Å². The number of β-lactam (4-membered cyclic amide) rings is 1. The van der Waals surface area contributed by atoms with E-state index in [9.17, 15) is 9.59 Å². The molecular formula is C7H10ClNO3. The first-order valence-electron chi connectivity index (χ1n) is 3.76. The molecule has 1 heterocycles. The number of carboxylic acids is 1. The highest BCUT2D eigenvalue weighted by molar-refractivity contribution is 6.17. The van der Waals surface area contributed by atoms with Crippen LogP contribution in [0.3, 0.4) is 0 Å². The molecule has 5 heteroatoms. The van der Waals surface area contributed by atoms with Gasteiger partial charge in [-0.1, -0.05) is 0 Å². The minimum atomic E-state index is -0.964. The van der Waals surface area contributed by atoms with Crippen LogP contribution in [0.4, 0.5) is 0 Å². The van der Waals surface area contributed by atoms with Gasteiger partial charge in [0.1, 0.15) is 6.04 Å². The first-order valence-corrected chi connectivity index (χ1v) is 4.29. The van der Waals surface area contributed by atoms with Crippen LogP contribution in [0.15, 0.2) is 0 Å². The van der Waals surface area contributed by atoms with E-state index in [0.717, 1.165) is 0 Å². The fraction of sp³-hybridized carbons (Fsp3) is 0.714. The van der Waals surface area contributed by atoms with E-state index in [4.69, 9.17) is 16.7 Å². The quantitative estimate of drug-likeness (QED) is 0.493. The second kappa shape index (κ2) is 3.76. The van der Waals surface area contributed by atoms with Crippen molar-refractivity contribution in [3.05, 3.63) is 0 Å². The van der Waals surface area contributed by atoms with Crippen molar-refractivity contribution in [1.82, 2.24) is 5.32 Å². The standard InChI is InChI=1S/C7H10ClNO3/c8-3-1-2-4-5(7(11)12)9-6(4)10/h4-5H,1-3H2,(H,9,10)(H,11,12)/t4-,5+/m1/s1. The molecule has 0 aromatic carbocycles. The molecule has 1 aliphatic rings. The number of nitrogens with one attached hydrogen (secondary N) is 1. The van der Waals surface area contributed by atoms with Crippen LogP contribution < -0.4 is 5.32 Å². The highest BCUT2D eigenvalue weighted by atomic mass is 35.5. The second-order valence-electron chi connectivity index (χ2n) is 2.76. The zero-order valence-electron chi connectivity index (χ0n) is 6.42. The average molecular weight is 192 g/mol. The van der Waals surface area contributed by atoms with Crippen LogP contribution in [0.25, 0.3) is 0 Å². The van der Waals surface area contributed by atoms with Crippen LogP contribution in [0.1, 0.15) is 12.8 Å².